The fourth-order valence-corrected chi connectivity index (χ4v) is 3.58. The maximum atomic E-state index is 12.0. The Morgan fingerprint density at radius 2 is 2.13 bits per heavy atom. The number of nitrogens with zero attached hydrogens (tertiary/aromatic N) is 2. The molecule has 3 rings (SSSR count). The molecule has 0 saturated carbocycles. The average molecular weight is 343 g/mol. The highest BCUT2D eigenvalue weighted by Gasteiger charge is 2.05. The van der Waals surface area contributed by atoms with Crippen molar-refractivity contribution in [2.75, 3.05) is 5.32 Å². The third kappa shape index (κ3) is 4.46. The first-order valence-electron chi connectivity index (χ1n) is 7.27. The molecule has 6 heteroatoms. The molecule has 0 saturated heterocycles. The lowest BCUT2D eigenvalue weighted by Gasteiger charge is -2.06. The van der Waals surface area contributed by atoms with Gasteiger partial charge in [0.15, 0.2) is 5.16 Å². The van der Waals surface area contributed by atoms with Crippen LogP contribution in [0, 0.1) is 0 Å². The first kappa shape index (κ1) is 15.8. The van der Waals surface area contributed by atoms with Gasteiger partial charge in [-0.15, -0.1) is 0 Å². The van der Waals surface area contributed by atoms with Crippen LogP contribution in [0.1, 0.15) is 12.0 Å². The molecule has 0 fully saturated rings. The molecule has 0 spiro atoms. The minimum Gasteiger partial charge on any atom is -0.329 e. The third-order valence-electron chi connectivity index (χ3n) is 3.35. The van der Waals surface area contributed by atoms with Crippen molar-refractivity contribution in [1.29, 1.82) is 0 Å². The number of hydrogen-bond acceptors (Lipinski definition) is 4. The van der Waals surface area contributed by atoms with E-state index in [4.69, 9.17) is 0 Å². The molecule has 1 aromatic carbocycles. The number of amides is 1. The van der Waals surface area contributed by atoms with Crippen molar-refractivity contribution >= 4 is 34.7 Å². The van der Waals surface area contributed by atoms with E-state index in [2.05, 4.69) is 21.7 Å². The summed E-state index contributed by atoms with van der Waals surface area (Å²) in [6.07, 6.45) is 4.98. The Bertz CT molecular complexity index is 764. The molecule has 4 nitrogen and oxygen atoms in total. The molecule has 23 heavy (non-hydrogen) atoms. The zero-order valence-electron chi connectivity index (χ0n) is 12.7. The van der Waals surface area contributed by atoms with Gasteiger partial charge in [-0.1, -0.05) is 11.8 Å². The highest BCUT2D eigenvalue weighted by molar-refractivity contribution is 7.99. The van der Waals surface area contributed by atoms with Gasteiger partial charge in [-0.25, -0.2) is 4.98 Å². The summed E-state index contributed by atoms with van der Waals surface area (Å²) >= 11 is 3.26. The van der Waals surface area contributed by atoms with Gasteiger partial charge in [-0.3, -0.25) is 4.79 Å². The summed E-state index contributed by atoms with van der Waals surface area (Å²) in [6, 6.07) is 9.89. The summed E-state index contributed by atoms with van der Waals surface area (Å²) in [6.45, 7) is 0. The average Bonchev–Trinajstić information content (AvgIpc) is 3.20. The second-order valence-corrected chi connectivity index (χ2v) is 6.95. The van der Waals surface area contributed by atoms with Gasteiger partial charge in [-0.05, 0) is 53.1 Å². The second kappa shape index (κ2) is 7.48. The van der Waals surface area contributed by atoms with E-state index in [0.717, 1.165) is 22.2 Å². The maximum absolute atomic E-state index is 12.0. The monoisotopic (exact) mass is 343 g/mol. The van der Waals surface area contributed by atoms with Gasteiger partial charge in [0.25, 0.3) is 0 Å². The lowest BCUT2D eigenvalue weighted by Crippen LogP contribution is -2.12. The highest BCUT2D eigenvalue weighted by atomic mass is 32.2. The summed E-state index contributed by atoms with van der Waals surface area (Å²) in [5.41, 5.74) is 2.04. The van der Waals surface area contributed by atoms with Crippen molar-refractivity contribution in [1.82, 2.24) is 9.55 Å². The van der Waals surface area contributed by atoms with E-state index in [1.807, 2.05) is 47.5 Å². The number of hydrogen-bond donors (Lipinski definition) is 1. The molecule has 0 radical (unpaired) electrons. The van der Waals surface area contributed by atoms with Crippen LogP contribution >= 0.6 is 23.1 Å². The summed E-state index contributed by atoms with van der Waals surface area (Å²) in [5, 5.41) is 7.99. The van der Waals surface area contributed by atoms with E-state index in [1.165, 1.54) is 5.56 Å². The Labute approximate surface area is 143 Å². The molecule has 118 valence electrons. The quantitative estimate of drug-likeness (QED) is 0.729. The van der Waals surface area contributed by atoms with Crippen LogP contribution in [-0.2, 0) is 18.3 Å². The minimum absolute atomic E-state index is 0.0423. The smallest absolute Gasteiger partial charge is 0.224 e. The largest absolute Gasteiger partial charge is 0.329 e. The van der Waals surface area contributed by atoms with E-state index < -0.39 is 0 Å². The number of thiophene rings is 1. The van der Waals surface area contributed by atoms with Crippen molar-refractivity contribution in [2.45, 2.75) is 22.9 Å². The fourth-order valence-electron chi connectivity index (χ4n) is 2.08. The van der Waals surface area contributed by atoms with Crippen molar-refractivity contribution in [3.63, 3.8) is 0 Å². The SMILES string of the molecule is Cn1ccnc1Sc1ccc(NC(=O)CCc2ccsc2)cc1. The Hall–Kier alpha value is -2.05. The molecule has 0 aliphatic rings. The highest BCUT2D eigenvalue weighted by Crippen LogP contribution is 2.26. The number of aryl methyl sites for hydroxylation is 2. The molecule has 0 aliphatic carbocycles. The van der Waals surface area contributed by atoms with E-state index in [9.17, 15) is 4.79 Å². The van der Waals surface area contributed by atoms with E-state index in [-0.39, 0.29) is 5.91 Å². The van der Waals surface area contributed by atoms with Crippen LogP contribution in [0.3, 0.4) is 0 Å². The van der Waals surface area contributed by atoms with Crippen LogP contribution < -0.4 is 5.32 Å². The number of benzene rings is 1. The van der Waals surface area contributed by atoms with E-state index in [1.54, 1.807) is 29.3 Å². The Kier molecular flexibility index (Phi) is 5.15. The molecule has 0 unspecified atom stereocenters. The molecule has 1 amide bonds. The van der Waals surface area contributed by atoms with Gasteiger partial charge in [0.2, 0.25) is 5.91 Å². The predicted octanol–water partition coefficient (Wildman–Crippen LogP) is 4.20. The van der Waals surface area contributed by atoms with Crippen molar-refractivity contribution < 1.29 is 4.79 Å². The van der Waals surface area contributed by atoms with Gasteiger partial charge in [0.05, 0.1) is 0 Å². The Morgan fingerprint density at radius 1 is 1.30 bits per heavy atom. The first-order valence-corrected chi connectivity index (χ1v) is 9.03. The molecule has 0 atom stereocenters. The van der Waals surface area contributed by atoms with Gasteiger partial charge in [-0.2, -0.15) is 11.3 Å². The lowest BCUT2D eigenvalue weighted by molar-refractivity contribution is -0.116. The number of anilines is 1. The number of nitrogens with one attached hydrogen (secondary N) is 1. The molecular formula is C17H17N3OS2. The Morgan fingerprint density at radius 3 is 2.78 bits per heavy atom. The molecule has 1 N–H and O–H groups in total. The van der Waals surface area contributed by atoms with E-state index in [0.29, 0.717) is 6.42 Å². The first-order chi connectivity index (χ1) is 11.2. The predicted molar refractivity (Wildman–Crippen MR) is 95.0 cm³/mol. The van der Waals surface area contributed by atoms with E-state index >= 15 is 0 Å². The number of aromatic nitrogens is 2. The van der Waals surface area contributed by atoms with Crippen LogP contribution in [0.15, 0.2) is 63.5 Å². The molecule has 3 aromatic rings. The molecule has 2 aromatic heterocycles. The third-order valence-corrected chi connectivity index (χ3v) is 5.16. The summed E-state index contributed by atoms with van der Waals surface area (Å²) in [4.78, 5) is 17.3. The standard InChI is InChI=1S/C17H17N3OS2/c1-20-10-9-18-17(20)23-15-5-3-14(4-6-15)19-16(21)7-2-13-8-11-22-12-13/h3-6,8-12H,2,7H2,1H3,(H,19,21). The lowest BCUT2D eigenvalue weighted by atomic mass is 10.2. The molecule has 0 aliphatic heterocycles. The van der Waals surface area contributed by atoms with Crippen LogP contribution in [0.4, 0.5) is 5.69 Å². The number of rotatable bonds is 6. The normalized spacial score (nSPS) is 10.7. The summed E-state index contributed by atoms with van der Waals surface area (Å²) in [7, 11) is 1.97. The van der Waals surface area contributed by atoms with Crippen LogP contribution in [0.2, 0.25) is 0 Å². The zero-order chi connectivity index (χ0) is 16.1. The van der Waals surface area contributed by atoms with Crippen LogP contribution in [-0.4, -0.2) is 15.5 Å². The topological polar surface area (TPSA) is 46.9 Å². The molecular weight excluding hydrogens is 326 g/mol. The molecule has 0 bridgehead atoms. The van der Waals surface area contributed by atoms with Crippen molar-refractivity contribution in [3.8, 4) is 0 Å². The van der Waals surface area contributed by atoms with Gasteiger partial charge in [0, 0.05) is 36.4 Å². The van der Waals surface area contributed by atoms with Gasteiger partial charge in [0.1, 0.15) is 0 Å². The van der Waals surface area contributed by atoms with Gasteiger partial charge < -0.3 is 9.88 Å². The molecule has 2 heterocycles. The second-order valence-electron chi connectivity index (χ2n) is 5.13. The number of carbonyl (C=O) groups is 1. The van der Waals surface area contributed by atoms with Crippen LogP contribution in [0.5, 0.6) is 0 Å². The number of imidazole rings is 1. The minimum atomic E-state index is 0.0423. The fraction of sp³-hybridized carbons (Fsp3) is 0.176. The maximum Gasteiger partial charge on any atom is 0.224 e. The van der Waals surface area contributed by atoms with Crippen molar-refractivity contribution in [3.05, 3.63) is 59.0 Å². The Balaban J connectivity index is 1.52. The van der Waals surface area contributed by atoms with Crippen molar-refractivity contribution in [2.24, 2.45) is 7.05 Å². The zero-order valence-corrected chi connectivity index (χ0v) is 14.4. The summed E-state index contributed by atoms with van der Waals surface area (Å²) in [5.74, 6) is 0.0423. The van der Waals surface area contributed by atoms with Crippen LogP contribution in [0.25, 0.3) is 0 Å². The number of carbonyl (C=O) groups excluding carboxylic acids is 1. The summed E-state index contributed by atoms with van der Waals surface area (Å²) < 4.78 is 1.98. The van der Waals surface area contributed by atoms with Gasteiger partial charge >= 0.3 is 0 Å².